The van der Waals surface area contributed by atoms with Crippen molar-refractivity contribution in [1.82, 2.24) is 0 Å². The Morgan fingerprint density at radius 2 is 2.12 bits per heavy atom. The first-order valence-electron chi connectivity index (χ1n) is 5.59. The Bertz CT molecular complexity index is 413. The standard InChI is InChI=1S/C13H19NO3/c1-5-9-6-7-11(17-4)10(8-9)14-13(2,3)12(15)16/h6-8,14H,5H2,1-4H3,(H,15,16). The molecule has 0 spiro atoms. The second kappa shape index (κ2) is 5.08. The average molecular weight is 237 g/mol. The van der Waals surface area contributed by atoms with E-state index in [1.807, 2.05) is 25.1 Å². The second-order valence-corrected chi connectivity index (χ2v) is 4.44. The second-order valence-electron chi connectivity index (χ2n) is 4.44. The monoisotopic (exact) mass is 237 g/mol. The molecule has 94 valence electrons. The first kappa shape index (κ1) is 13.4. The SMILES string of the molecule is CCc1ccc(OC)c(NC(C)(C)C(=O)O)c1. The van der Waals surface area contributed by atoms with Gasteiger partial charge in [-0.2, -0.15) is 0 Å². The van der Waals surface area contributed by atoms with Gasteiger partial charge in [0.25, 0.3) is 0 Å². The van der Waals surface area contributed by atoms with E-state index < -0.39 is 11.5 Å². The minimum Gasteiger partial charge on any atom is -0.495 e. The lowest BCUT2D eigenvalue weighted by Gasteiger charge is -2.24. The molecule has 1 rings (SSSR count). The molecule has 0 heterocycles. The molecular weight excluding hydrogens is 218 g/mol. The number of aliphatic carboxylic acids is 1. The van der Waals surface area contributed by atoms with Crippen LogP contribution in [0.4, 0.5) is 5.69 Å². The van der Waals surface area contributed by atoms with Gasteiger partial charge in [-0.1, -0.05) is 13.0 Å². The Morgan fingerprint density at radius 1 is 1.47 bits per heavy atom. The number of ether oxygens (including phenoxy) is 1. The number of carboxylic acids is 1. The van der Waals surface area contributed by atoms with Crippen molar-refractivity contribution in [3.63, 3.8) is 0 Å². The van der Waals surface area contributed by atoms with E-state index in [4.69, 9.17) is 9.84 Å². The molecule has 0 bridgehead atoms. The molecule has 0 unspecified atom stereocenters. The van der Waals surface area contributed by atoms with E-state index in [1.54, 1.807) is 21.0 Å². The molecule has 0 atom stereocenters. The molecule has 4 nitrogen and oxygen atoms in total. The van der Waals surface area contributed by atoms with Crippen LogP contribution < -0.4 is 10.1 Å². The topological polar surface area (TPSA) is 58.6 Å². The van der Waals surface area contributed by atoms with Crippen LogP contribution in [0, 0.1) is 0 Å². The molecule has 0 aliphatic heterocycles. The predicted molar refractivity (Wildman–Crippen MR) is 67.7 cm³/mol. The van der Waals surface area contributed by atoms with Gasteiger partial charge in [0, 0.05) is 0 Å². The molecular formula is C13H19NO3. The van der Waals surface area contributed by atoms with Crippen molar-refractivity contribution >= 4 is 11.7 Å². The van der Waals surface area contributed by atoms with Crippen LogP contribution in [-0.4, -0.2) is 23.7 Å². The van der Waals surface area contributed by atoms with Crippen LogP contribution in [0.15, 0.2) is 18.2 Å². The fourth-order valence-electron chi connectivity index (χ4n) is 1.46. The van der Waals surface area contributed by atoms with Crippen LogP contribution in [0.25, 0.3) is 0 Å². The number of aryl methyl sites for hydroxylation is 1. The third kappa shape index (κ3) is 3.12. The van der Waals surface area contributed by atoms with Gasteiger partial charge in [0.15, 0.2) is 0 Å². The maximum atomic E-state index is 11.1. The van der Waals surface area contributed by atoms with Gasteiger partial charge in [-0.05, 0) is 38.0 Å². The highest BCUT2D eigenvalue weighted by atomic mass is 16.5. The number of benzene rings is 1. The normalized spacial score (nSPS) is 11.1. The van der Waals surface area contributed by atoms with Crippen LogP contribution in [-0.2, 0) is 11.2 Å². The van der Waals surface area contributed by atoms with Crippen molar-refractivity contribution in [2.45, 2.75) is 32.7 Å². The molecule has 4 heteroatoms. The number of rotatable bonds is 5. The molecule has 17 heavy (non-hydrogen) atoms. The molecule has 0 aliphatic rings. The Hall–Kier alpha value is -1.71. The Labute approximate surface area is 102 Å². The van der Waals surface area contributed by atoms with Crippen LogP contribution >= 0.6 is 0 Å². The lowest BCUT2D eigenvalue weighted by molar-refractivity contribution is -0.141. The summed E-state index contributed by atoms with van der Waals surface area (Å²) < 4.78 is 5.22. The van der Waals surface area contributed by atoms with Gasteiger partial charge < -0.3 is 15.2 Å². The van der Waals surface area contributed by atoms with Crippen molar-refractivity contribution in [1.29, 1.82) is 0 Å². The highest BCUT2D eigenvalue weighted by Gasteiger charge is 2.27. The predicted octanol–water partition coefficient (Wildman–Crippen LogP) is 2.53. The number of nitrogens with one attached hydrogen (secondary N) is 1. The van der Waals surface area contributed by atoms with Gasteiger partial charge >= 0.3 is 5.97 Å². The van der Waals surface area contributed by atoms with Gasteiger partial charge in [0.2, 0.25) is 0 Å². The lowest BCUT2D eigenvalue weighted by atomic mass is 10.0. The van der Waals surface area contributed by atoms with Gasteiger partial charge in [-0.25, -0.2) is 4.79 Å². The Kier molecular flexibility index (Phi) is 3.99. The van der Waals surface area contributed by atoms with E-state index >= 15 is 0 Å². The summed E-state index contributed by atoms with van der Waals surface area (Å²) in [4.78, 5) is 11.1. The number of carboxylic acid groups (broad SMARTS) is 1. The summed E-state index contributed by atoms with van der Waals surface area (Å²) in [5.74, 6) is -0.252. The Balaban J connectivity index is 3.07. The quantitative estimate of drug-likeness (QED) is 0.826. The highest BCUT2D eigenvalue weighted by Crippen LogP contribution is 2.28. The number of anilines is 1. The zero-order chi connectivity index (χ0) is 13.1. The van der Waals surface area contributed by atoms with E-state index in [0.29, 0.717) is 11.4 Å². The van der Waals surface area contributed by atoms with Gasteiger partial charge in [-0.15, -0.1) is 0 Å². The summed E-state index contributed by atoms with van der Waals surface area (Å²) in [5, 5.41) is 12.1. The summed E-state index contributed by atoms with van der Waals surface area (Å²) in [6.45, 7) is 5.29. The molecule has 0 aliphatic carbocycles. The molecule has 0 amide bonds. The van der Waals surface area contributed by atoms with E-state index in [9.17, 15) is 4.79 Å². The fraction of sp³-hybridized carbons (Fsp3) is 0.462. The summed E-state index contributed by atoms with van der Waals surface area (Å²) in [6, 6.07) is 5.74. The maximum Gasteiger partial charge on any atom is 0.328 e. The number of carbonyl (C=O) groups is 1. The molecule has 0 saturated heterocycles. The van der Waals surface area contributed by atoms with Crippen molar-refractivity contribution in [2.75, 3.05) is 12.4 Å². The van der Waals surface area contributed by atoms with Crippen molar-refractivity contribution in [3.05, 3.63) is 23.8 Å². The van der Waals surface area contributed by atoms with Gasteiger partial charge in [0.05, 0.1) is 12.8 Å². The molecule has 2 N–H and O–H groups in total. The maximum absolute atomic E-state index is 11.1. The average Bonchev–Trinajstić information content (AvgIpc) is 2.28. The summed E-state index contributed by atoms with van der Waals surface area (Å²) in [5.41, 5.74) is 0.813. The fourth-order valence-corrected chi connectivity index (χ4v) is 1.46. The third-order valence-corrected chi connectivity index (χ3v) is 2.65. The van der Waals surface area contributed by atoms with E-state index in [2.05, 4.69) is 5.32 Å². The van der Waals surface area contributed by atoms with E-state index in [-0.39, 0.29) is 0 Å². The molecule has 0 fully saturated rings. The molecule has 1 aromatic carbocycles. The summed E-state index contributed by atoms with van der Waals surface area (Å²) in [7, 11) is 1.57. The Morgan fingerprint density at radius 3 is 2.59 bits per heavy atom. The largest absolute Gasteiger partial charge is 0.495 e. The van der Waals surface area contributed by atoms with Crippen LogP contribution in [0.5, 0.6) is 5.75 Å². The zero-order valence-corrected chi connectivity index (χ0v) is 10.7. The zero-order valence-electron chi connectivity index (χ0n) is 10.7. The van der Waals surface area contributed by atoms with Crippen molar-refractivity contribution < 1.29 is 14.6 Å². The van der Waals surface area contributed by atoms with Crippen LogP contribution in [0.2, 0.25) is 0 Å². The summed E-state index contributed by atoms with van der Waals surface area (Å²) in [6.07, 6.45) is 0.895. The molecule has 0 radical (unpaired) electrons. The van der Waals surface area contributed by atoms with E-state index in [1.165, 1.54) is 0 Å². The van der Waals surface area contributed by atoms with Crippen molar-refractivity contribution in [3.8, 4) is 5.75 Å². The molecule has 0 aromatic heterocycles. The van der Waals surface area contributed by atoms with E-state index in [0.717, 1.165) is 12.0 Å². The minimum atomic E-state index is -1.03. The highest BCUT2D eigenvalue weighted by molar-refractivity contribution is 5.82. The summed E-state index contributed by atoms with van der Waals surface area (Å²) >= 11 is 0. The minimum absolute atomic E-state index is 0.650. The van der Waals surface area contributed by atoms with Gasteiger partial charge in [0.1, 0.15) is 11.3 Å². The van der Waals surface area contributed by atoms with Crippen LogP contribution in [0.1, 0.15) is 26.3 Å². The molecule has 0 saturated carbocycles. The number of hydrogen-bond acceptors (Lipinski definition) is 3. The first-order valence-corrected chi connectivity index (χ1v) is 5.59. The third-order valence-electron chi connectivity index (χ3n) is 2.65. The number of methoxy groups -OCH3 is 1. The lowest BCUT2D eigenvalue weighted by Crippen LogP contribution is -2.40. The smallest absolute Gasteiger partial charge is 0.328 e. The number of hydrogen-bond donors (Lipinski definition) is 2. The first-order chi connectivity index (χ1) is 7.90. The van der Waals surface area contributed by atoms with Gasteiger partial charge in [-0.3, -0.25) is 0 Å². The van der Waals surface area contributed by atoms with Crippen molar-refractivity contribution in [2.24, 2.45) is 0 Å². The molecule has 1 aromatic rings. The van der Waals surface area contributed by atoms with Crippen LogP contribution in [0.3, 0.4) is 0 Å².